The third kappa shape index (κ3) is 2.10. The van der Waals surface area contributed by atoms with E-state index in [4.69, 9.17) is 0 Å². The summed E-state index contributed by atoms with van der Waals surface area (Å²) in [6, 6.07) is 14.0. The normalized spacial score (nSPS) is 12.9. The van der Waals surface area contributed by atoms with Gasteiger partial charge in [-0.3, -0.25) is 0 Å². The average Bonchev–Trinajstić information content (AvgIpc) is 2.74. The summed E-state index contributed by atoms with van der Waals surface area (Å²) in [5.74, 6) is 1.21. The third-order valence-corrected chi connectivity index (χ3v) is 4.27. The van der Waals surface area contributed by atoms with E-state index in [0.29, 0.717) is 11.8 Å². The van der Waals surface area contributed by atoms with E-state index in [2.05, 4.69) is 64.1 Å². The summed E-state index contributed by atoms with van der Waals surface area (Å²) in [7, 11) is 0. The second-order valence-corrected chi connectivity index (χ2v) is 6.32. The number of fused-ring (bicyclic) bond motifs is 3. The van der Waals surface area contributed by atoms with Gasteiger partial charge in [-0.05, 0) is 51.6 Å². The molecule has 1 aliphatic rings. The molecule has 3 rings (SSSR count). The molecule has 0 aliphatic heterocycles. The van der Waals surface area contributed by atoms with Crippen LogP contribution >= 0.6 is 0 Å². The van der Waals surface area contributed by atoms with Crippen LogP contribution in [-0.2, 0) is 6.42 Å². The molecular weight excluding hydrogens is 228 g/mol. The highest BCUT2D eigenvalue weighted by atomic mass is 14.2. The van der Waals surface area contributed by atoms with Crippen LogP contribution in [0.3, 0.4) is 0 Å². The maximum absolute atomic E-state index is 2.40. The molecular formula is C19H22. The summed E-state index contributed by atoms with van der Waals surface area (Å²) >= 11 is 0. The van der Waals surface area contributed by atoms with Gasteiger partial charge in [0, 0.05) is 0 Å². The van der Waals surface area contributed by atoms with Gasteiger partial charge in [0.15, 0.2) is 0 Å². The van der Waals surface area contributed by atoms with Crippen molar-refractivity contribution in [3.05, 3.63) is 58.7 Å². The van der Waals surface area contributed by atoms with Crippen LogP contribution in [-0.4, -0.2) is 0 Å². The topological polar surface area (TPSA) is 0 Å². The summed E-state index contributed by atoms with van der Waals surface area (Å²) in [6.07, 6.45) is 1.10. The lowest BCUT2D eigenvalue weighted by Gasteiger charge is -2.10. The van der Waals surface area contributed by atoms with E-state index in [1.165, 1.54) is 33.4 Å². The van der Waals surface area contributed by atoms with E-state index >= 15 is 0 Å². The fourth-order valence-electron chi connectivity index (χ4n) is 2.95. The summed E-state index contributed by atoms with van der Waals surface area (Å²) in [6.45, 7) is 9.06. The Labute approximate surface area is 116 Å². The molecule has 0 heterocycles. The van der Waals surface area contributed by atoms with Crippen molar-refractivity contribution in [3.8, 4) is 11.1 Å². The Kier molecular flexibility index (Phi) is 2.97. The minimum atomic E-state index is 0.601. The SMILES string of the molecule is CC(C)c1ccc2c(c1)Cc1ccc(C(C)C)cc1-2. The van der Waals surface area contributed by atoms with Gasteiger partial charge in [0.2, 0.25) is 0 Å². The maximum atomic E-state index is 2.40. The van der Waals surface area contributed by atoms with Gasteiger partial charge in [-0.15, -0.1) is 0 Å². The Bertz CT molecular complexity index is 618. The molecule has 0 spiro atoms. The fourth-order valence-corrected chi connectivity index (χ4v) is 2.95. The van der Waals surface area contributed by atoms with Crippen molar-refractivity contribution in [2.45, 2.75) is 46.0 Å². The molecule has 0 atom stereocenters. The highest BCUT2D eigenvalue weighted by Gasteiger charge is 2.19. The van der Waals surface area contributed by atoms with Gasteiger partial charge in [0.25, 0.3) is 0 Å². The molecule has 0 heteroatoms. The standard InChI is InChI=1S/C19H22/c1-12(2)14-7-8-18-17(9-14)10-16-6-5-15(13(3)4)11-19(16)18/h5-9,11-13H,10H2,1-4H3. The molecule has 1 aliphatic carbocycles. The molecule has 0 aromatic heterocycles. The van der Waals surface area contributed by atoms with Gasteiger partial charge < -0.3 is 0 Å². The summed E-state index contributed by atoms with van der Waals surface area (Å²) in [5.41, 5.74) is 8.79. The molecule has 0 unspecified atom stereocenters. The van der Waals surface area contributed by atoms with E-state index in [1.54, 1.807) is 0 Å². The van der Waals surface area contributed by atoms with E-state index in [1.807, 2.05) is 0 Å². The quantitative estimate of drug-likeness (QED) is 0.563. The van der Waals surface area contributed by atoms with Gasteiger partial charge >= 0.3 is 0 Å². The zero-order valence-electron chi connectivity index (χ0n) is 12.3. The highest BCUT2D eigenvalue weighted by molar-refractivity contribution is 5.77. The lowest BCUT2D eigenvalue weighted by atomic mass is 9.95. The van der Waals surface area contributed by atoms with Gasteiger partial charge in [0.05, 0.1) is 0 Å². The van der Waals surface area contributed by atoms with E-state index < -0.39 is 0 Å². The molecule has 0 nitrogen and oxygen atoms in total. The fraction of sp³-hybridized carbons (Fsp3) is 0.368. The molecule has 0 fully saturated rings. The summed E-state index contributed by atoms with van der Waals surface area (Å²) in [5, 5.41) is 0. The van der Waals surface area contributed by atoms with Crippen LogP contribution < -0.4 is 0 Å². The van der Waals surface area contributed by atoms with Crippen LogP contribution in [0.5, 0.6) is 0 Å². The lowest BCUT2D eigenvalue weighted by molar-refractivity contribution is 0.864. The number of benzene rings is 2. The van der Waals surface area contributed by atoms with Crippen molar-refractivity contribution in [2.24, 2.45) is 0 Å². The first kappa shape index (κ1) is 12.5. The Balaban J connectivity index is 2.09. The van der Waals surface area contributed by atoms with E-state index in [0.717, 1.165) is 6.42 Å². The summed E-state index contributed by atoms with van der Waals surface area (Å²) < 4.78 is 0. The van der Waals surface area contributed by atoms with Crippen LogP contribution in [0.2, 0.25) is 0 Å². The Morgan fingerprint density at radius 2 is 1.32 bits per heavy atom. The Morgan fingerprint density at radius 3 is 2.00 bits per heavy atom. The zero-order chi connectivity index (χ0) is 13.6. The monoisotopic (exact) mass is 250 g/mol. The number of rotatable bonds is 2. The van der Waals surface area contributed by atoms with Crippen molar-refractivity contribution in [1.29, 1.82) is 0 Å². The van der Waals surface area contributed by atoms with Crippen LogP contribution in [0.4, 0.5) is 0 Å². The minimum absolute atomic E-state index is 0.601. The van der Waals surface area contributed by atoms with Crippen molar-refractivity contribution in [1.82, 2.24) is 0 Å². The average molecular weight is 250 g/mol. The molecule has 0 N–H and O–H groups in total. The first-order valence-electron chi connectivity index (χ1n) is 7.32. The van der Waals surface area contributed by atoms with Crippen molar-refractivity contribution < 1.29 is 0 Å². The number of hydrogen-bond acceptors (Lipinski definition) is 0. The summed E-state index contributed by atoms with van der Waals surface area (Å²) in [4.78, 5) is 0. The minimum Gasteiger partial charge on any atom is -0.0587 e. The van der Waals surface area contributed by atoms with Crippen LogP contribution in [0.25, 0.3) is 11.1 Å². The van der Waals surface area contributed by atoms with E-state index in [-0.39, 0.29) is 0 Å². The second-order valence-electron chi connectivity index (χ2n) is 6.32. The van der Waals surface area contributed by atoms with Gasteiger partial charge in [-0.2, -0.15) is 0 Å². The lowest BCUT2D eigenvalue weighted by Crippen LogP contribution is -1.89. The van der Waals surface area contributed by atoms with Crippen LogP contribution in [0.1, 0.15) is 61.8 Å². The highest BCUT2D eigenvalue weighted by Crippen LogP contribution is 2.39. The largest absolute Gasteiger partial charge is 0.0587 e. The van der Waals surface area contributed by atoms with Crippen LogP contribution in [0, 0.1) is 0 Å². The maximum Gasteiger partial charge on any atom is -0.00133 e. The number of hydrogen-bond donors (Lipinski definition) is 0. The first-order valence-corrected chi connectivity index (χ1v) is 7.32. The molecule has 2 aromatic carbocycles. The predicted octanol–water partition coefficient (Wildman–Crippen LogP) is 5.50. The molecule has 98 valence electrons. The second kappa shape index (κ2) is 4.52. The predicted molar refractivity (Wildman–Crippen MR) is 82.9 cm³/mol. The van der Waals surface area contributed by atoms with Crippen molar-refractivity contribution in [2.75, 3.05) is 0 Å². The van der Waals surface area contributed by atoms with Gasteiger partial charge in [-0.25, -0.2) is 0 Å². The molecule has 2 aromatic rings. The molecule has 0 bridgehead atoms. The Hall–Kier alpha value is -1.56. The molecule has 0 saturated carbocycles. The zero-order valence-corrected chi connectivity index (χ0v) is 12.3. The van der Waals surface area contributed by atoms with Crippen molar-refractivity contribution in [3.63, 3.8) is 0 Å². The van der Waals surface area contributed by atoms with Gasteiger partial charge in [-0.1, -0.05) is 64.1 Å². The Morgan fingerprint density at radius 1 is 0.684 bits per heavy atom. The molecule has 19 heavy (non-hydrogen) atoms. The van der Waals surface area contributed by atoms with Gasteiger partial charge in [0.1, 0.15) is 0 Å². The first-order chi connectivity index (χ1) is 9.06. The smallest absolute Gasteiger partial charge is 0.00133 e. The van der Waals surface area contributed by atoms with Crippen LogP contribution in [0.15, 0.2) is 36.4 Å². The molecule has 0 saturated heterocycles. The van der Waals surface area contributed by atoms with Crippen molar-refractivity contribution >= 4 is 0 Å². The van der Waals surface area contributed by atoms with E-state index in [9.17, 15) is 0 Å². The molecule has 0 radical (unpaired) electrons. The molecule has 0 amide bonds. The third-order valence-electron chi connectivity index (χ3n) is 4.27.